The van der Waals surface area contributed by atoms with Crippen LogP contribution in [0.5, 0.6) is 0 Å². The van der Waals surface area contributed by atoms with E-state index in [-0.39, 0.29) is 17.7 Å². The summed E-state index contributed by atoms with van der Waals surface area (Å²) in [6.45, 7) is 10.7. The summed E-state index contributed by atoms with van der Waals surface area (Å²) in [5.41, 5.74) is -0.296. The lowest BCUT2D eigenvalue weighted by Crippen LogP contribution is -2.24. The predicted octanol–water partition coefficient (Wildman–Crippen LogP) is 5.20. The van der Waals surface area contributed by atoms with Crippen molar-refractivity contribution < 1.29 is 19.3 Å². The van der Waals surface area contributed by atoms with E-state index in [9.17, 15) is 4.79 Å². The van der Waals surface area contributed by atoms with E-state index in [4.69, 9.17) is 14.5 Å². The first kappa shape index (κ1) is 21.4. The molecular formula is C18H36O4. The topological polar surface area (TPSA) is 44.8 Å². The van der Waals surface area contributed by atoms with Gasteiger partial charge in [-0.25, -0.2) is 9.78 Å². The number of carbonyl (C=O) groups excluding carboxylic acids is 1. The van der Waals surface area contributed by atoms with Crippen molar-refractivity contribution in [3.8, 4) is 0 Å². The van der Waals surface area contributed by atoms with Crippen molar-refractivity contribution in [3.63, 3.8) is 0 Å². The number of rotatable bonds is 13. The van der Waals surface area contributed by atoms with Crippen LogP contribution in [-0.4, -0.2) is 24.3 Å². The third kappa shape index (κ3) is 14.3. The van der Waals surface area contributed by atoms with E-state index in [1.54, 1.807) is 0 Å². The fraction of sp³-hybridized carbons (Fsp3) is 0.944. The molecular weight excluding hydrogens is 280 g/mol. The summed E-state index contributed by atoms with van der Waals surface area (Å²) in [6, 6.07) is 0. The highest BCUT2D eigenvalue weighted by molar-refractivity contribution is 5.69. The van der Waals surface area contributed by atoms with Crippen LogP contribution in [0.3, 0.4) is 0 Å². The van der Waals surface area contributed by atoms with Crippen LogP contribution in [-0.2, 0) is 19.3 Å². The summed E-state index contributed by atoms with van der Waals surface area (Å²) < 4.78 is 5.23. The second kappa shape index (κ2) is 12.9. The van der Waals surface area contributed by atoms with Gasteiger partial charge in [-0.05, 0) is 46.5 Å². The van der Waals surface area contributed by atoms with Gasteiger partial charge in [-0.15, -0.1) is 0 Å². The highest BCUT2D eigenvalue weighted by atomic mass is 17.2. The average molecular weight is 316 g/mol. The SMILES string of the molecule is CCCCCC(CCCOC(=O)CCCC)OOC(C)(C)C. The lowest BCUT2D eigenvalue weighted by molar-refractivity contribution is -0.374. The summed E-state index contributed by atoms with van der Waals surface area (Å²) in [5.74, 6) is -0.0868. The second-order valence-corrected chi connectivity index (χ2v) is 6.88. The van der Waals surface area contributed by atoms with Gasteiger partial charge >= 0.3 is 5.97 Å². The number of carbonyl (C=O) groups is 1. The van der Waals surface area contributed by atoms with E-state index in [1.807, 2.05) is 20.8 Å². The largest absolute Gasteiger partial charge is 0.466 e. The van der Waals surface area contributed by atoms with Gasteiger partial charge in [0.15, 0.2) is 0 Å². The van der Waals surface area contributed by atoms with Gasteiger partial charge in [0.25, 0.3) is 0 Å². The molecule has 0 amide bonds. The molecule has 0 radical (unpaired) electrons. The zero-order valence-electron chi connectivity index (χ0n) is 15.3. The van der Waals surface area contributed by atoms with Gasteiger partial charge < -0.3 is 4.74 Å². The molecule has 0 aliphatic heterocycles. The summed E-state index contributed by atoms with van der Waals surface area (Å²) in [7, 11) is 0. The molecule has 0 spiro atoms. The first-order chi connectivity index (χ1) is 10.4. The summed E-state index contributed by atoms with van der Waals surface area (Å²) in [5, 5.41) is 0. The molecule has 1 unspecified atom stereocenters. The molecule has 0 saturated carbocycles. The van der Waals surface area contributed by atoms with E-state index < -0.39 is 0 Å². The molecule has 4 heteroatoms. The summed E-state index contributed by atoms with van der Waals surface area (Å²) >= 11 is 0. The fourth-order valence-electron chi connectivity index (χ4n) is 1.97. The molecule has 0 aromatic rings. The predicted molar refractivity (Wildman–Crippen MR) is 89.6 cm³/mol. The van der Waals surface area contributed by atoms with Gasteiger partial charge in [-0.2, -0.15) is 0 Å². The van der Waals surface area contributed by atoms with Crippen molar-refractivity contribution >= 4 is 5.97 Å². The van der Waals surface area contributed by atoms with Gasteiger partial charge in [-0.3, -0.25) is 4.79 Å². The van der Waals surface area contributed by atoms with Crippen molar-refractivity contribution in [2.24, 2.45) is 0 Å². The maximum Gasteiger partial charge on any atom is 0.305 e. The maximum absolute atomic E-state index is 11.4. The molecule has 0 heterocycles. The molecule has 1 atom stereocenters. The van der Waals surface area contributed by atoms with E-state index in [2.05, 4.69) is 13.8 Å². The molecule has 0 fully saturated rings. The van der Waals surface area contributed by atoms with Crippen molar-refractivity contribution in [2.45, 2.75) is 104 Å². The maximum atomic E-state index is 11.4. The minimum absolute atomic E-state index is 0.0834. The highest BCUT2D eigenvalue weighted by Crippen LogP contribution is 2.17. The molecule has 0 saturated heterocycles. The van der Waals surface area contributed by atoms with Crippen LogP contribution in [0.1, 0.15) is 92.4 Å². The molecule has 0 aliphatic rings. The minimum Gasteiger partial charge on any atom is -0.466 e. The van der Waals surface area contributed by atoms with Crippen LogP contribution >= 0.6 is 0 Å². The van der Waals surface area contributed by atoms with Crippen LogP contribution in [0.15, 0.2) is 0 Å². The molecule has 0 bridgehead atoms. The Bertz CT molecular complexity index is 271. The number of ether oxygens (including phenoxy) is 1. The Kier molecular flexibility index (Phi) is 12.5. The Hall–Kier alpha value is -0.610. The zero-order valence-corrected chi connectivity index (χ0v) is 15.3. The zero-order chi connectivity index (χ0) is 16.8. The quantitative estimate of drug-likeness (QED) is 0.203. The van der Waals surface area contributed by atoms with Crippen LogP contribution in [0.2, 0.25) is 0 Å². The van der Waals surface area contributed by atoms with E-state index in [0.717, 1.165) is 38.5 Å². The third-order valence-corrected chi connectivity index (χ3v) is 3.23. The minimum atomic E-state index is -0.296. The average Bonchev–Trinajstić information content (AvgIpc) is 2.45. The third-order valence-electron chi connectivity index (χ3n) is 3.23. The lowest BCUT2D eigenvalue weighted by atomic mass is 10.1. The molecule has 0 aromatic heterocycles. The smallest absolute Gasteiger partial charge is 0.305 e. The Morgan fingerprint density at radius 2 is 1.59 bits per heavy atom. The second-order valence-electron chi connectivity index (χ2n) is 6.88. The molecule has 132 valence electrons. The number of unbranched alkanes of at least 4 members (excludes halogenated alkanes) is 3. The monoisotopic (exact) mass is 316 g/mol. The Balaban J connectivity index is 3.93. The first-order valence-corrected chi connectivity index (χ1v) is 8.89. The number of esters is 1. The van der Waals surface area contributed by atoms with Crippen molar-refractivity contribution in [3.05, 3.63) is 0 Å². The van der Waals surface area contributed by atoms with Crippen LogP contribution < -0.4 is 0 Å². The van der Waals surface area contributed by atoms with Crippen molar-refractivity contribution in [2.75, 3.05) is 6.61 Å². The lowest BCUT2D eigenvalue weighted by Gasteiger charge is -2.23. The van der Waals surface area contributed by atoms with Crippen LogP contribution in [0, 0.1) is 0 Å². The first-order valence-electron chi connectivity index (χ1n) is 8.89. The Morgan fingerprint density at radius 3 is 2.18 bits per heavy atom. The van der Waals surface area contributed by atoms with Gasteiger partial charge in [0.2, 0.25) is 0 Å². The molecule has 0 rings (SSSR count). The van der Waals surface area contributed by atoms with Crippen LogP contribution in [0.25, 0.3) is 0 Å². The Morgan fingerprint density at radius 1 is 0.955 bits per heavy atom. The van der Waals surface area contributed by atoms with Gasteiger partial charge in [-0.1, -0.05) is 39.5 Å². The number of hydrogen-bond donors (Lipinski definition) is 0. The fourth-order valence-corrected chi connectivity index (χ4v) is 1.97. The van der Waals surface area contributed by atoms with Gasteiger partial charge in [0.05, 0.1) is 18.3 Å². The van der Waals surface area contributed by atoms with E-state index in [0.29, 0.717) is 13.0 Å². The summed E-state index contributed by atoms with van der Waals surface area (Å²) in [4.78, 5) is 22.5. The molecule has 0 aromatic carbocycles. The van der Waals surface area contributed by atoms with Crippen molar-refractivity contribution in [1.29, 1.82) is 0 Å². The highest BCUT2D eigenvalue weighted by Gasteiger charge is 2.17. The van der Waals surface area contributed by atoms with Gasteiger partial charge in [0.1, 0.15) is 0 Å². The van der Waals surface area contributed by atoms with Crippen molar-refractivity contribution in [1.82, 2.24) is 0 Å². The van der Waals surface area contributed by atoms with E-state index in [1.165, 1.54) is 12.8 Å². The normalized spacial score (nSPS) is 13.1. The Labute approximate surface area is 136 Å². The van der Waals surface area contributed by atoms with Crippen LogP contribution in [0.4, 0.5) is 0 Å². The summed E-state index contributed by atoms with van der Waals surface area (Å²) in [6.07, 6.45) is 8.76. The molecule has 4 nitrogen and oxygen atoms in total. The number of hydrogen-bond acceptors (Lipinski definition) is 4. The van der Waals surface area contributed by atoms with E-state index >= 15 is 0 Å². The van der Waals surface area contributed by atoms with Gasteiger partial charge in [0, 0.05) is 6.42 Å². The molecule has 0 N–H and O–H groups in total. The molecule has 0 aliphatic carbocycles. The molecule has 22 heavy (non-hydrogen) atoms. The standard InChI is InChI=1S/C18H36O4/c1-6-8-10-12-16(21-22-18(3,4)5)13-11-15-20-17(19)14-9-7-2/h16H,6-15H2,1-5H3.